The maximum atomic E-state index is 12.7. The quantitative estimate of drug-likeness (QED) is 0.420. The van der Waals surface area contributed by atoms with Crippen molar-refractivity contribution in [1.82, 2.24) is 10.3 Å². The Morgan fingerprint density at radius 3 is 2.58 bits per heavy atom. The minimum Gasteiger partial charge on any atom is -0.464 e. The molecule has 1 amide bonds. The van der Waals surface area contributed by atoms with E-state index in [0.29, 0.717) is 19.4 Å². The number of carbonyl (C=O) groups is 2. The first-order valence-electron chi connectivity index (χ1n) is 10.3. The first-order valence-corrected chi connectivity index (χ1v) is 11.2. The predicted octanol–water partition coefficient (Wildman–Crippen LogP) is 5.11. The Labute approximate surface area is 185 Å². The van der Waals surface area contributed by atoms with E-state index in [9.17, 15) is 9.59 Å². The smallest absolute Gasteiger partial charge is 0.217 e. The van der Waals surface area contributed by atoms with Crippen LogP contribution >= 0.6 is 11.3 Å². The van der Waals surface area contributed by atoms with Crippen LogP contribution in [0, 0.1) is 0 Å². The SMILES string of the molecule is CCc1ccc2c(CC(=O)Cc3nc(-c4ccc(CNC(C)=O)cc4)cs3)coc2c1. The number of Topliss-reactive ketones (excluding diaryl/α,β-unsaturated/α-hetero) is 1. The molecule has 0 atom stereocenters. The minimum absolute atomic E-state index is 0.0491. The van der Waals surface area contributed by atoms with Gasteiger partial charge >= 0.3 is 0 Å². The third-order valence-electron chi connectivity index (χ3n) is 5.21. The molecule has 2 aromatic heterocycles. The maximum Gasteiger partial charge on any atom is 0.217 e. The van der Waals surface area contributed by atoms with Crippen molar-refractivity contribution in [2.45, 2.75) is 39.7 Å². The van der Waals surface area contributed by atoms with Crippen molar-refractivity contribution in [2.75, 3.05) is 0 Å². The zero-order chi connectivity index (χ0) is 21.8. The summed E-state index contributed by atoms with van der Waals surface area (Å²) in [5, 5.41) is 6.57. The zero-order valence-electron chi connectivity index (χ0n) is 17.6. The fourth-order valence-electron chi connectivity index (χ4n) is 3.47. The summed E-state index contributed by atoms with van der Waals surface area (Å²) < 4.78 is 5.66. The normalized spacial score (nSPS) is 11.0. The molecule has 0 saturated carbocycles. The molecule has 0 aliphatic carbocycles. The van der Waals surface area contributed by atoms with Gasteiger partial charge in [-0.2, -0.15) is 0 Å². The van der Waals surface area contributed by atoms with Crippen LogP contribution in [0.5, 0.6) is 0 Å². The molecule has 0 bridgehead atoms. The summed E-state index contributed by atoms with van der Waals surface area (Å²) in [5.41, 5.74) is 5.87. The number of aromatic nitrogens is 1. The van der Waals surface area contributed by atoms with E-state index in [1.807, 2.05) is 41.8 Å². The van der Waals surface area contributed by atoms with Crippen molar-refractivity contribution in [3.8, 4) is 11.3 Å². The Morgan fingerprint density at radius 1 is 1.06 bits per heavy atom. The number of aryl methyl sites for hydroxylation is 1. The van der Waals surface area contributed by atoms with Gasteiger partial charge in [0.15, 0.2) is 0 Å². The third kappa shape index (κ3) is 5.09. The molecule has 2 heterocycles. The average molecular weight is 433 g/mol. The van der Waals surface area contributed by atoms with Gasteiger partial charge in [-0.1, -0.05) is 43.3 Å². The predicted molar refractivity (Wildman–Crippen MR) is 123 cm³/mol. The molecular formula is C25H24N2O3S. The number of benzene rings is 2. The van der Waals surface area contributed by atoms with Gasteiger partial charge in [0.2, 0.25) is 5.91 Å². The topological polar surface area (TPSA) is 72.2 Å². The summed E-state index contributed by atoms with van der Waals surface area (Å²) in [6, 6.07) is 14.1. The highest BCUT2D eigenvalue weighted by Gasteiger charge is 2.14. The third-order valence-corrected chi connectivity index (χ3v) is 6.06. The first kappa shape index (κ1) is 21.0. The van der Waals surface area contributed by atoms with Crippen LogP contribution in [0.2, 0.25) is 0 Å². The highest BCUT2D eigenvalue weighted by Crippen LogP contribution is 2.25. The fraction of sp³-hybridized carbons (Fsp3) is 0.240. The summed E-state index contributed by atoms with van der Waals surface area (Å²) in [7, 11) is 0. The van der Waals surface area contributed by atoms with E-state index in [0.717, 1.165) is 44.8 Å². The van der Waals surface area contributed by atoms with Crippen molar-refractivity contribution in [3.05, 3.63) is 75.8 Å². The molecule has 0 saturated heterocycles. The molecule has 31 heavy (non-hydrogen) atoms. The Balaban J connectivity index is 1.39. The second kappa shape index (κ2) is 9.27. The number of rotatable bonds is 8. The first-order chi connectivity index (χ1) is 15.0. The van der Waals surface area contributed by atoms with Crippen LogP contribution in [0.3, 0.4) is 0 Å². The van der Waals surface area contributed by atoms with Gasteiger partial charge in [0.05, 0.1) is 18.4 Å². The zero-order valence-corrected chi connectivity index (χ0v) is 18.4. The molecule has 5 nitrogen and oxygen atoms in total. The molecule has 4 rings (SSSR count). The molecule has 1 N–H and O–H groups in total. The molecule has 6 heteroatoms. The van der Waals surface area contributed by atoms with Crippen LogP contribution in [0.1, 0.15) is 35.5 Å². The number of furan rings is 1. The van der Waals surface area contributed by atoms with Crippen LogP contribution in [0.15, 0.2) is 58.5 Å². The van der Waals surface area contributed by atoms with Crippen LogP contribution in [0.25, 0.3) is 22.2 Å². The molecule has 4 aromatic rings. The number of hydrogen-bond donors (Lipinski definition) is 1. The van der Waals surface area contributed by atoms with Crippen molar-refractivity contribution < 1.29 is 14.0 Å². The molecule has 0 unspecified atom stereocenters. The Morgan fingerprint density at radius 2 is 1.84 bits per heavy atom. The lowest BCUT2D eigenvalue weighted by molar-refractivity contribution is -0.119. The van der Waals surface area contributed by atoms with Gasteiger partial charge in [0.25, 0.3) is 0 Å². The number of amides is 1. The van der Waals surface area contributed by atoms with E-state index in [1.54, 1.807) is 6.26 Å². The summed E-state index contributed by atoms with van der Waals surface area (Å²) in [4.78, 5) is 28.3. The number of carbonyl (C=O) groups excluding carboxylic acids is 2. The summed E-state index contributed by atoms with van der Waals surface area (Å²) in [6.07, 6.45) is 3.29. The highest BCUT2D eigenvalue weighted by atomic mass is 32.1. The number of thiazole rings is 1. The molecule has 0 aliphatic rings. The van der Waals surface area contributed by atoms with Crippen molar-refractivity contribution in [3.63, 3.8) is 0 Å². The van der Waals surface area contributed by atoms with E-state index in [1.165, 1.54) is 23.8 Å². The standard InChI is InChI=1S/C25H24N2O3S/c1-3-17-6-9-22-20(14-30-24(22)10-17)11-21(29)12-25-27-23(15-31-25)19-7-4-18(5-8-19)13-26-16(2)28/h4-10,14-15H,3,11-13H2,1-2H3,(H,26,28). The number of ketones is 1. The van der Waals surface area contributed by atoms with Gasteiger partial charge in [-0.3, -0.25) is 9.59 Å². The monoisotopic (exact) mass is 432 g/mol. The maximum absolute atomic E-state index is 12.7. The van der Waals surface area contributed by atoms with Crippen molar-refractivity contribution >= 4 is 34.0 Å². The Hall–Kier alpha value is -3.25. The number of nitrogens with one attached hydrogen (secondary N) is 1. The molecule has 0 aliphatic heterocycles. The number of fused-ring (bicyclic) bond motifs is 1. The lowest BCUT2D eigenvalue weighted by Gasteiger charge is -2.03. The van der Waals surface area contributed by atoms with E-state index >= 15 is 0 Å². The van der Waals surface area contributed by atoms with Gasteiger partial charge in [-0.25, -0.2) is 4.98 Å². The second-order valence-electron chi connectivity index (χ2n) is 7.57. The summed E-state index contributed by atoms with van der Waals surface area (Å²) >= 11 is 1.50. The van der Waals surface area contributed by atoms with Gasteiger partial charge < -0.3 is 9.73 Å². The van der Waals surface area contributed by atoms with Gasteiger partial charge in [0, 0.05) is 41.8 Å². The van der Waals surface area contributed by atoms with Crippen LogP contribution in [-0.4, -0.2) is 16.7 Å². The average Bonchev–Trinajstić information content (AvgIpc) is 3.39. The lowest BCUT2D eigenvalue weighted by Crippen LogP contribution is -2.18. The van der Waals surface area contributed by atoms with Crippen molar-refractivity contribution in [1.29, 1.82) is 0 Å². The lowest BCUT2D eigenvalue weighted by atomic mass is 10.0. The fourth-order valence-corrected chi connectivity index (χ4v) is 4.30. The Bertz CT molecular complexity index is 1220. The largest absolute Gasteiger partial charge is 0.464 e. The Kier molecular flexibility index (Phi) is 6.28. The van der Waals surface area contributed by atoms with E-state index in [4.69, 9.17) is 4.42 Å². The van der Waals surface area contributed by atoms with E-state index < -0.39 is 0 Å². The summed E-state index contributed by atoms with van der Waals surface area (Å²) in [5.74, 6) is 0.0702. The minimum atomic E-state index is -0.0491. The molecule has 0 spiro atoms. The summed E-state index contributed by atoms with van der Waals surface area (Å²) in [6.45, 7) is 4.12. The number of nitrogens with zero attached hydrogens (tertiary/aromatic N) is 1. The van der Waals surface area contributed by atoms with Crippen LogP contribution in [0.4, 0.5) is 0 Å². The van der Waals surface area contributed by atoms with Gasteiger partial charge in [0.1, 0.15) is 16.4 Å². The molecule has 2 aromatic carbocycles. The van der Waals surface area contributed by atoms with Crippen LogP contribution in [-0.2, 0) is 35.4 Å². The van der Waals surface area contributed by atoms with Gasteiger partial charge in [-0.15, -0.1) is 11.3 Å². The van der Waals surface area contributed by atoms with E-state index in [-0.39, 0.29) is 11.7 Å². The molecule has 158 valence electrons. The second-order valence-corrected chi connectivity index (χ2v) is 8.51. The van der Waals surface area contributed by atoms with Gasteiger partial charge in [-0.05, 0) is 23.6 Å². The highest BCUT2D eigenvalue weighted by molar-refractivity contribution is 7.10. The molecule has 0 radical (unpaired) electrons. The number of hydrogen-bond acceptors (Lipinski definition) is 5. The van der Waals surface area contributed by atoms with Crippen LogP contribution < -0.4 is 5.32 Å². The molecule has 0 fully saturated rings. The van der Waals surface area contributed by atoms with E-state index in [2.05, 4.69) is 23.3 Å². The van der Waals surface area contributed by atoms with Crippen molar-refractivity contribution in [2.24, 2.45) is 0 Å². The molecular weight excluding hydrogens is 408 g/mol.